The average Bonchev–Trinajstić information content (AvgIpc) is 3.00. The lowest BCUT2D eigenvalue weighted by atomic mass is 9.95. The zero-order valence-electron chi connectivity index (χ0n) is 21.9. The maximum atomic E-state index is 13.9. The van der Waals surface area contributed by atoms with E-state index in [2.05, 4.69) is 51.3 Å². The molecule has 1 unspecified atom stereocenters. The zero-order valence-corrected chi connectivity index (χ0v) is 21.9. The second-order valence-electron chi connectivity index (χ2n) is 9.76. The third kappa shape index (κ3) is 6.38. The van der Waals surface area contributed by atoms with Crippen LogP contribution in [-0.2, 0) is 17.8 Å². The van der Waals surface area contributed by atoms with Gasteiger partial charge in [-0.1, -0.05) is 60.7 Å². The van der Waals surface area contributed by atoms with Crippen molar-refractivity contribution in [1.29, 1.82) is 0 Å². The summed E-state index contributed by atoms with van der Waals surface area (Å²) in [6.07, 6.45) is 4.30. The van der Waals surface area contributed by atoms with Crippen molar-refractivity contribution in [3.05, 3.63) is 108 Å². The van der Waals surface area contributed by atoms with Crippen LogP contribution in [0.5, 0.6) is 5.75 Å². The van der Waals surface area contributed by atoms with Crippen LogP contribution >= 0.6 is 0 Å². The Bertz CT molecular complexity index is 1310. The molecule has 2 heterocycles. The molecule has 0 bridgehead atoms. The van der Waals surface area contributed by atoms with Gasteiger partial charge >= 0.3 is 0 Å². The smallest absolute Gasteiger partial charge is 0.227 e. The number of amides is 1. The lowest BCUT2D eigenvalue weighted by molar-refractivity contribution is -0.136. The Hall–Kier alpha value is -4.19. The molecule has 1 aliphatic rings. The highest BCUT2D eigenvalue weighted by atomic mass is 16.5. The van der Waals surface area contributed by atoms with E-state index in [0.29, 0.717) is 19.6 Å². The van der Waals surface area contributed by atoms with Crippen molar-refractivity contribution in [2.45, 2.75) is 25.8 Å². The number of methoxy groups -OCH3 is 1. The van der Waals surface area contributed by atoms with Gasteiger partial charge in [0, 0.05) is 37.8 Å². The van der Waals surface area contributed by atoms with Gasteiger partial charge in [-0.3, -0.25) is 4.79 Å². The molecule has 1 atom stereocenters. The maximum absolute atomic E-state index is 13.9. The fourth-order valence-electron chi connectivity index (χ4n) is 5.06. The molecule has 0 spiro atoms. The van der Waals surface area contributed by atoms with Gasteiger partial charge in [-0.15, -0.1) is 0 Å². The van der Waals surface area contributed by atoms with E-state index in [9.17, 15) is 4.79 Å². The van der Waals surface area contributed by atoms with Crippen LogP contribution in [0.4, 0.5) is 5.82 Å². The van der Waals surface area contributed by atoms with Gasteiger partial charge in [0.15, 0.2) is 0 Å². The van der Waals surface area contributed by atoms with Crippen LogP contribution in [0.3, 0.4) is 0 Å². The summed E-state index contributed by atoms with van der Waals surface area (Å²) in [7, 11) is 1.66. The Morgan fingerprint density at radius 1 is 0.947 bits per heavy atom. The fraction of sp³-hybridized carbons (Fsp3) is 0.281. The first-order valence-electron chi connectivity index (χ1n) is 13.3. The molecule has 1 aliphatic heterocycles. The Labute approximate surface area is 224 Å². The van der Waals surface area contributed by atoms with E-state index in [1.807, 2.05) is 59.5 Å². The summed E-state index contributed by atoms with van der Waals surface area (Å²) in [4.78, 5) is 27.2. The average molecular weight is 507 g/mol. The van der Waals surface area contributed by atoms with Crippen LogP contribution in [0.25, 0.3) is 11.3 Å². The Balaban J connectivity index is 1.31. The predicted molar refractivity (Wildman–Crippen MR) is 151 cm³/mol. The minimum absolute atomic E-state index is 0.0670. The first-order valence-corrected chi connectivity index (χ1v) is 13.3. The largest absolute Gasteiger partial charge is 0.497 e. The molecular weight excluding hydrogens is 472 g/mol. The monoisotopic (exact) mass is 506 g/mol. The number of piperidine rings is 1. The summed E-state index contributed by atoms with van der Waals surface area (Å²) in [5.74, 6) is 1.83. The molecule has 1 aromatic heterocycles. The van der Waals surface area contributed by atoms with E-state index in [1.54, 1.807) is 13.4 Å². The van der Waals surface area contributed by atoms with E-state index in [4.69, 9.17) is 4.74 Å². The van der Waals surface area contributed by atoms with Crippen LogP contribution in [0.1, 0.15) is 24.0 Å². The van der Waals surface area contributed by atoms with Crippen LogP contribution in [0.2, 0.25) is 0 Å². The number of carbonyl (C=O) groups is 1. The number of hydrogen-bond acceptors (Lipinski definition) is 5. The Kier molecular flexibility index (Phi) is 8.29. The van der Waals surface area contributed by atoms with Crippen molar-refractivity contribution < 1.29 is 9.53 Å². The molecule has 4 aromatic rings. The summed E-state index contributed by atoms with van der Waals surface area (Å²) in [5.41, 5.74) is 4.27. The molecule has 1 amide bonds. The Morgan fingerprint density at radius 2 is 1.66 bits per heavy atom. The first kappa shape index (κ1) is 25.5. The van der Waals surface area contributed by atoms with Crippen molar-refractivity contribution in [2.24, 2.45) is 5.92 Å². The topological polar surface area (TPSA) is 58.6 Å². The highest BCUT2D eigenvalue weighted by molar-refractivity contribution is 5.80. The third-order valence-corrected chi connectivity index (χ3v) is 7.17. The summed E-state index contributed by atoms with van der Waals surface area (Å²) < 4.78 is 5.28. The number of hydrogen-bond donors (Lipinski definition) is 0. The van der Waals surface area contributed by atoms with Gasteiger partial charge < -0.3 is 14.5 Å². The second-order valence-corrected chi connectivity index (χ2v) is 9.76. The van der Waals surface area contributed by atoms with Gasteiger partial charge in [-0.2, -0.15) is 0 Å². The molecule has 6 heteroatoms. The summed E-state index contributed by atoms with van der Waals surface area (Å²) in [6.45, 7) is 2.86. The number of ether oxygens (including phenoxy) is 1. The number of benzene rings is 3. The number of anilines is 1. The molecule has 0 saturated carbocycles. The summed E-state index contributed by atoms with van der Waals surface area (Å²) in [6, 6.07) is 30.6. The highest BCUT2D eigenvalue weighted by Gasteiger charge is 2.30. The lowest BCUT2D eigenvalue weighted by Gasteiger charge is -2.36. The maximum Gasteiger partial charge on any atom is 0.227 e. The predicted octanol–water partition coefficient (Wildman–Crippen LogP) is 5.64. The van der Waals surface area contributed by atoms with Crippen molar-refractivity contribution in [3.8, 4) is 17.0 Å². The minimum Gasteiger partial charge on any atom is -0.497 e. The molecule has 6 nitrogen and oxygen atoms in total. The standard InChI is InChI=1S/C32H34N4O2/c1-38-29-16-14-27(15-17-29)30-21-31(34-24-33-30)35-19-8-13-28(23-35)32(37)36(22-26-11-6-3-7-12-26)20-18-25-9-4-2-5-10-25/h2-7,9-12,14-17,21,24,28H,8,13,18-20,22-23H2,1H3. The van der Waals surface area contributed by atoms with E-state index in [1.165, 1.54) is 5.56 Å². The zero-order chi connectivity index (χ0) is 26.2. The number of rotatable bonds is 9. The normalized spacial score (nSPS) is 15.2. The molecule has 3 aromatic carbocycles. The van der Waals surface area contributed by atoms with Crippen LogP contribution in [0.15, 0.2) is 97.3 Å². The molecule has 1 fully saturated rings. The molecule has 194 valence electrons. The first-order chi connectivity index (χ1) is 18.7. The van der Waals surface area contributed by atoms with Gasteiger partial charge in [0.1, 0.15) is 17.9 Å². The highest BCUT2D eigenvalue weighted by Crippen LogP contribution is 2.27. The molecule has 5 rings (SSSR count). The SMILES string of the molecule is COc1ccc(-c2cc(N3CCCC(C(=O)N(CCc4ccccc4)Cc4ccccc4)C3)ncn2)cc1. The van der Waals surface area contributed by atoms with E-state index in [0.717, 1.165) is 54.2 Å². The van der Waals surface area contributed by atoms with Crippen LogP contribution in [-0.4, -0.2) is 47.5 Å². The lowest BCUT2D eigenvalue weighted by Crippen LogP contribution is -2.45. The molecule has 0 radical (unpaired) electrons. The second kappa shape index (κ2) is 12.4. The van der Waals surface area contributed by atoms with Crippen molar-refractivity contribution in [2.75, 3.05) is 31.6 Å². The molecular formula is C32H34N4O2. The van der Waals surface area contributed by atoms with E-state index >= 15 is 0 Å². The van der Waals surface area contributed by atoms with E-state index in [-0.39, 0.29) is 11.8 Å². The number of carbonyl (C=O) groups excluding carboxylic acids is 1. The van der Waals surface area contributed by atoms with Crippen LogP contribution < -0.4 is 9.64 Å². The summed E-state index contributed by atoms with van der Waals surface area (Å²) >= 11 is 0. The van der Waals surface area contributed by atoms with Gasteiger partial charge in [0.05, 0.1) is 18.7 Å². The minimum atomic E-state index is -0.0670. The van der Waals surface area contributed by atoms with Crippen molar-refractivity contribution in [3.63, 3.8) is 0 Å². The van der Waals surface area contributed by atoms with Gasteiger partial charge in [-0.05, 0) is 54.7 Å². The number of aromatic nitrogens is 2. The quantitative estimate of drug-likeness (QED) is 0.294. The molecule has 1 saturated heterocycles. The number of nitrogens with zero attached hydrogens (tertiary/aromatic N) is 4. The van der Waals surface area contributed by atoms with Gasteiger partial charge in [0.25, 0.3) is 0 Å². The fourth-order valence-corrected chi connectivity index (χ4v) is 5.06. The van der Waals surface area contributed by atoms with E-state index < -0.39 is 0 Å². The Morgan fingerprint density at radius 3 is 2.37 bits per heavy atom. The third-order valence-electron chi connectivity index (χ3n) is 7.17. The van der Waals surface area contributed by atoms with Gasteiger partial charge in [-0.25, -0.2) is 9.97 Å². The van der Waals surface area contributed by atoms with Crippen molar-refractivity contribution in [1.82, 2.24) is 14.9 Å². The van der Waals surface area contributed by atoms with Crippen molar-refractivity contribution >= 4 is 11.7 Å². The van der Waals surface area contributed by atoms with Gasteiger partial charge in [0.2, 0.25) is 5.91 Å². The molecule has 0 N–H and O–H groups in total. The molecule has 0 aliphatic carbocycles. The summed E-state index contributed by atoms with van der Waals surface area (Å²) in [5, 5.41) is 0. The van der Waals surface area contributed by atoms with Crippen LogP contribution in [0, 0.1) is 5.92 Å². The molecule has 38 heavy (non-hydrogen) atoms.